The minimum atomic E-state index is -0.285. The monoisotopic (exact) mass is 227 g/mol. The second-order valence-corrected chi connectivity index (χ2v) is 5.51. The molecule has 1 atom stereocenters. The van der Waals surface area contributed by atoms with Crippen molar-refractivity contribution in [2.75, 3.05) is 14.1 Å². The zero-order valence-electron chi connectivity index (χ0n) is 10.0. The predicted molar refractivity (Wildman–Crippen MR) is 66.4 cm³/mol. The quantitative estimate of drug-likeness (QED) is 0.835. The average molecular weight is 227 g/mol. The Morgan fingerprint density at radius 1 is 1.47 bits per heavy atom. The fourth-order valence-corrected chi connectivity index (χ4v) is 2.09. The standard InChI is InChI=1S/C12H21NOS/c1-12(2,13(3)4)11(14)6-5-10-7-8-15-9-10/h7-9,11,14H,5-6H2,1-4H3. The number of aliphatic hydroxyl groups excluding tert-OH is 1. The van der Waals surface area contributed by atoms with Crippen LogP contribution in [0.25, 0.3) is 0 Å². The zero-order chi connectivity index (χ0) is 11.5. The molecule has 86 valence electrons. The summed E-state index contributed by atoms with van der Waals surface area (Å²) >= 11 is 1.71. The van der Waals surface area contributed by atoms with Gasteiger partial charge in [-0.3, -0.25) is 0 Å². The Balaban J connectivity index is 2.45. The van der Waals surface area contributed by atoms with Crippen LogP contribution >= 0.6 is 11.3 Å². The van der Waals surface area contributed by atoms with Crippen molar-refractivity contribution in [2.24, 2.45) is 0 Å². The van der Waals surface area contributed by atoms with Crippen molar-refractivity contribution in [3.63, 3.8) is 0 Å². The summed E-state index contributed by atoms with van der Waals surface area (Å²) in [5.74, 6) is 0. The van der Waals surface area contributed by atoms with E-state index in [9.17, 15) is 5.11 Å². The number of likely N-dealkylation sites (N-methyl/N-ethyl adjacent to an activating group) is 1. The van der Waals surface area contributed by atoms with Gasteiger partial charge >= 0.3 is 0 Å². The van der Waals surface area contributed by atoms with Crippen LogP contribution in [-0.4, -0.2) is 35.7 Å². The van der Waals surface area contributed by atoms with Crippen LogP contribution in [0.3, 0.4) is 0 Å². The lowest BCUT2D eigenvalue weighted by atomic mass is 9.91. The molecule has 0 aliphatic rings. The molecule has 0 aliphatic carbocycles. The highest BCUT2D eigenvalue weighted by Crippen LogP contribution is 2.20. The predicted octanol–water partition coefficient (Wildman–Crippen LogP) is 2.38. The van der Waals surface area contributed by atoms with Gasteiger partial charge in [0.1, 0.15) is 0 Å². The molecule has 0 bridgehead atoms. The van der Waals surface area contributed by atoms with Gasteiger partial charge in [-0.05, 0) is 63.2 Å². The van der Waals surface area contributed by atoms with Crippen LogP contribution in [0.15, 0.2) is 16.8 Å². The van der Waals surface area contributed by atoms with Gasteiger partial charge in [0.15, 0.2) is 0 Å². The zero-order valence-corrected chi connectivity index (χ0v) is 10.8. The van der Waals surface area contributed by atoms with Crippen molar-refractivity contribution >= 4 is 11.3 Å². The summed E-state index contributed by atoms with van der Waals surface area (Å²) in [6.45, 7) is 4.15. The first kappa shape index (κ1) is 12.7. The van der Waals surface area contributed by atoms with Gasteiger partial charge in [-0.2, -0.15) is 11.3 Å². The Kier molecular flexibility index (Phi) is 4.32. The Hall–Kier alpha value is -0.380. The first-order chi connectivity index (χ1) is 6.94. The Morgan fingerprint density at radius 2 is 2.13 bits per heavy atom. The maximum absolute atomic E-state index is 10.1. The summed E-state index contributed by atoms with van der Waals surface area (Å²) in [4.78, 5) is 2.07. The molecule has 0 saturated carbocycles. The van der Waals surface area contributed by atoms with Gasteiger partial charge in [-0.15, -0.1) is 0 Å². The average Bonchev–Trinajstić information content (AvgIpc) is 2.66. The molecule has 0 amide bonds. The molecular formula is C12H21NOS. The summed E-state index contributed by atoms with van der Waals surface area (Å²) in [5, 5.41) is 14.3. The first-order valence-corrected chi connectivity index (χ1v) is 6.25. The van der Waals surface area contributed by atoms with Gasteiger partial charge in [-0.1, -0.05) is 0 Å². The molecule has 0 radical (unpaired) electrons. The van der Waals surface area contributed by atoms with Crippen molar-refractivity contribution in [2.45, 2.75) is 38.3 Å². The number of aryl methyl sites for hydroxylation is 1. The van der Waals surface area contributed by atoms with E-state index in [0.717, 1.165) is 12.8 Å². The third kappa shape index (κ3) is 3.30. The molecule has 3 heteroatoms. The molecule has 0 spiro atoms. The minimum Gasteiger partial charge on any atom is -0.391 e. The van der Waals surface area contributed by atoms with E-state index < -0.39 is 0 Å². The van der Waals surface area contributed by atoms with E-state index >= 15 is 0 Å². The summed E-state index contributed by atoms with van der Waals surface area (Å²) in [6, 6.07) is 2.13. The summed E-state index contributed by atoms with van der Waals surface area (Å²) in [5.41, 5.74) is 1.17. The highest BCUT2D eigenvalue weighted by atomic mass is 32.1. The van der Waals surface area contributed by atoms with E-state index in [1.165, 1.54) is 5.56 Å². The number of aliphatic hydroxyl groups is 1. The maximum atomic E-state index is 10.1. The second-order valence-electron chi connectivity index (χ2n) is 4.73. The topological polar surface area (TPSA) is 23.5 Å². The van der Waals surface area contributed by atoms with Crippen molar-refractivity contribution in [3.05, 3.63) is 22.4 Å². The lowest BCUT2D eigenvalue weighted by molar-refractivity contribution is 0.0127. The third-order valence-corrected chi connectivity index (χ3v) is 3.99. The second kappa shape index (κ2) is 5.10. The third-order valence-electron chi connectivity index (χ3n) is 3.25. The molecule has 1 aromatic heterocycles. The van der Waals surface area contributed by atoms with E-state index in [4.69, 9.17) is 0 Å². The van der Waals surface area contributed by atoms with Crippen molar-refractivity contribution < 1.29 is 5.11 Å². The van der Waals surface area contributed by atoms with Gasteiger partial charge in [0, 0.05) is 5.54 Å². The van der Waals surface area contributed by atoms with Crippen molar-refractivity contribution in [3.8, 4) is 0 Å². The summed E-state index contributed by atoms with van der Waals surface area (Å²) in [7, 11) is 4.02. The van der Waals surface area contributed by atoms with Crippen molar-refractivity contribution in [1.82, 2.24) is 4.90 Å². The fourth-order valence-electron chi connectivity index (χ4n) is 1.39. The summed E-state index contributed by atoms with van der Waals surface area (Å²) < 4.78 is 0. The molecule has 1 heterocycles. The number of rotatable bonds is 5. The van der Waals surface area contributed by atoms with E-state index in [0.29, 0.717) is 0 Å². The molecule has 0 saturated heterocycles. The van der Waals surface area contributed by atoms with Gasteiger partial charge in [-0.25, -0.2) is 0 Å². The normalized spacial score (nSPS) is 14.5. The highest BCUT2D eigenvalue weighted by molar-refractivity contribution is 7.07. The smallest absolute Gasteiger partial charge is 0.0721 e. The first-order valence-electron chi connectivity index (χ1n) is 5.31. The molecule has 15 heavy (non-hydrogen) atoms. The largest absolute Gasteiger partial charge is 0.391 e. The lowest BCUT2D eigenvalue weighted by Crippen LogP contribution is -2.48. The molecule has 0 aliphatic heterocycles. The van der Waals surface area contributed by atoms with Gasteiger partial charge in [0.25, 0.3) is 0 Å². The SMILES string of the molecule is CN(C)C(C)(C)C(O)CCc1ccsc1. The Bertz CT molecular complexity index is 280. The van der Waals surface area contributed by atoms with Crippen LogP contribution in [0.4, 0.5) is 0 Å². The summed E-state index contributed by atoms with van der Waals surface area (Å²) in [6.07, 6.45) is 1.50. The van der Waals surface area contributed by atoms with E-state index in [1.54, 1.807) is 11.3 Å². The fraction of sp³-hybridized carbons (Fsp3) is 0.667. The van der Waals surface area contributed by atoms with Gasteiger partial charge in [0.2, 0.25) is 0 Å². The van der Waals surface area contributed by atoms with Crippen LogP contribution in [0.2, 0.25) is 0 Å². The Labute approximate surface area is 96.5 Å². The van der Waals surface area contributed by atoms with E-state index in [-0.39, 0.29) is 11.6 Å². The van der Waals surface area contributed by atoms with Crippen LogP contribution in [0, 0.1) is 0 Å². The number of thiophene rings is 1. The molecule has 0 fully saturated rings. The lowest BCUT2D eigenvalue weighted by Gasteiger charge is -2.37. The van der Waals surface area contributed by atoms with Crippen LogP contribution in [0.1, 0.15) is 25.8 Å². The van der Waals surface area contributed by atoms with Crippen LogP contribution < -0.4 is 0 Å². The van der Waals surface area contributed by atoms with E-state index in [2.05, 4.69) is 35.6 Å². The van der Waals surface area contributed by atoms with Gasteiger partial charge < -0.3 is 10.0 Å². The van der Waals surface area contributed by atoms with Crippen LogP contribution in [0.5, 0.6) is 0 Å². The molecule has 1 N–H and O–H groups in total. The van der Waals surface area contributed by atoms with Crippen molar-refractivity contribution in [1.29, 1.82) is 0 Å². The number of nitrogens with zero attached hydrogens (tertiary/aromatic N) is 1. The molecule has 2 nitrogen and oxygen atoms in total. The van der Waals surface area contributed by atoms with Crippen LogP contribution in [-0.2, 0) is 6.42 Å². The Morgan fingerprint density at radius 3 is 2.60 bits per heavy atom. The van der Waals surface area contributed by atoms with Gasteiger partial charge in [0.05, 0.1) is 6.10 Å². The number of hydrogen-bond donors (Lipinski definition) is 1. The molecular weight excluding hydrogens is 206 g/mol. The molecule has 1 aromatic rings. The minimum absolute atomic E-state index is 0.157. The molecule has 1 unspecified atom stereocenters. The maximum Gasteiger partial charge on any atom is 0.0721 e. The molecule has 1 rings (SSSR count). The number of hydrogen-bond acceptors (Lipinski definition) is 3. The molecule has 0 aromatic carbocycles. The van der Waals surface area contributed by atoms with E-state index in [1.807, 2.05) is 14.1 Å². The highest BCUT2D eigenvalue weighted by Gasteiger charge is 2.29.